The predicted octanol–water partition coefficient (Wildman–Crippen LogP) is 9.41. The van der Waals surface area contributed by atoms with Crippen molar-refractivity contribution in [3.05, 3.63) is 12.2 Å². The Balaban J connectivity index is 3.51. The number of rotatable bonds is 24. The van der Waals surface area contributed by atoms with Gasteiger partial charge in [-0.05, 0) is 44.9 Å². The average molecular weight is 446 g/mol. The van der Waals surface area contributed by atoms with Crippen LogP contribution in [-0.4, -0.2) is 24.3 Å². The third-order valence-corrected chi connectivity index (χ3v) is 7.59. The molecular weight excluding hydrogens is 391 g/mol. The minimum absolute atomic E-state index is 0.623. The van der Waals surface area contributed by atoms with Crippen LogP contribution in [0, 0.1) is 0 Å². The van der Waals surface area contributed by atoms with E-state index in [1.807, 2.05) is 0 Å². The van der Waals surface area contributed by atoms with Crippen molar-refractivity contribution >= 4 is 7.94 Å². The first-order valence-corrected chi connectivity index (χ1v) is 15.0. The lowest BCUT2D eigenvalue weighted by Gasteiger charge is -2.17. The quantitative estimate of drug-likeness (QED) is 0.0913. The van der Waals surface area contributed by atoms with E-state index in [2.05, 4.69) is 32.9 Å². The van der Waals surface area contributed by atoms with Gasteiger partial charge in [0.05, 0.1) is 13.2 Å². The predicted molar refractivity (Wildman–Crippen MR) is 135 cm³/mol. The molecule has 0 aliphatic carbocycles. The van der Waals surface area contributed by atoms with Gasteiger partial charge in [-0.2, -0.15) is 13.9 Å². The van der Waals surface area contributed by atoms with Gasteiger partial charge < -0.3 is 0 Å². The van der Waals surface area contributed by atoms with Crippen molar-refractivity contribution in [1.82, 2.24) is 0 Å². The summed E-state index contributed by atoms with van der Waals surface area (Å²) in [5, 5.41) is 0. The van der Waals surface area contributed by atoms with Gasteiger partial charge in [-0.1, -0.05) is 104 Å². The van der Waals surface area contributed by atoms with E-state index in [1.54, 1.807) is 0 Å². The van der Waals surface area contributed by atoms with E-state index in [1.165, 1.54) is 83.5 Å². The summed E-state index contributed by atoms with van der Waals surface area (Å²) in [6, 6.07) is 0. The maximum Gasteiger partial charge on any atom is 0.408 e. The zero-order valence-corrected chi connectivity index (χ0v) is 21.6. The molecule has 0 aliphatic heterocycles. The van der Waals surface area contributed by atoms with Gasteiger partial charge in [0.25, 0.3) is 0 Å². The molecule has 0 spiro atoms. The molecular formula is C26H54O3P+. The molecule has 0 aromatic carbocycles. The Morgan fingerprint density at radius 3 is 1.50 bits per heavy atom. The van der Waals surface area contributed by atoms with Crippen molar-refractivity contribution in [3.8, 4) is 0 Å². The lowest BCUT2D eigenvalue weighted by atomic mass is 10.1. The first-order chi connectivity index (χ1) is 14.7. The summed E-state index contributed by atoms with van der Waals surface area (Å²) in [5.41, 5.74) is 0. The summed E-state index contributed by atoms with van der Waals surface area (Å²) in [6.45, 7) is 7.82. The fourth-order valence-corrected chi connectivity index (χ4v) is 5.31. The molecule has 0 saturated heterocycles. The van der Waals surface area contributed by atoms with E-state index >= 15 is 0 Å². The maximum absolute atomic E-state index is 10.7. The summed E-state index contributed by atoms with van der Waals surface area (Å²) in [7, 11) is -2.61. The molecule has 1 N–H and O–H groups in total. The van der Waals surface area contributed by atoms with Gasteiger partial charge in [-0.25, -0.2) is 0 Å². The molecule has 1 atom stereocenters. The summed E-state index contributed by atoms with van der Waals surface area (Å²) in [6.07, 6.45) is 27.9. The fraction of sp³-hybridized carbons (Fsp3) is 0.923. The summed E-state index contributed by atoms with van der Waals surface area (Å²) in [5.74, 6) is 0. The summed E-state index contributed by atoms with van der Waals surface area (Å²) in [4.78, 5) is 10.7. The van der Waals surface area contributed by atoms with Crippen LogP contribution < -0.4 is 0 Å². The molecule has 0 aromatic rings. The number of hydrogen-bond donors (Lipinski definition) is 1. The molecule has 0 aliphatic rings. The molecule has 4 heteroatoms. The zero-order chi connectivity index (χ0) is 22.2. The molecule has 0 bridgehead atoms. The monoisotopic (exact) mass is 445 g/mol. The highest BCUT2D eigenvalue weighted by atomic mass is 31.2. The van der Waals surface area contributed by atoms with Crippen molar-refractivity contribution in [2.75, 3.05) is 19.4 Å². The van der Waals surface area contributed by atoms with Crippen LogP contribution in [0.1, 0.15) is 136 Å². The Bertz CT molecular complexity index is 362. The van der Waals surface area contributed by atoms with E-state index in [4.69, 9.17) is 9.05 Å². The standard InChI is InChI=1S/C26H54O3P/c1-4-7-10-11-12-13-14-15-16-17-18-19-20-21-22-23-25-29-30(27,26-9-6-3)28-24-8-5-2/h15-16,27H,4-14,17-26H2,1-3H3/q+1/b16-15-. The molecule has 3 nitrogen and oxygen atoms in total. The Hall–Kier alpha value is 0.0500. The molecule has 0 rings (SSSR count). The van der Waals surface area contributed by atoms with E-state index in [0.717, 1.165) is 32.1 Å². The highest BCUT2D eigenvalue weighted by molar-refractivity contribution is 7.60. The molecule has 0 fully saturated rings. The first-order valence-electron chi connectivity index (χ1n) is 13.2. The second-order valence-corrected chi connectivity index (χ2v) is 10.9. The van der Waals surface area contributed by atoms with Crippen LogP contribution in [0.3, 0.4) is 0 Å². The molecule has 0 saturated carbocycles. The van der Waals surface area contributed by atoms with Gasteiger partial charge in [-0.3, -0.25) is 0 Å². The van der Waals surface area contributed by atoms with E-state index < -0.39 is 7.94 Å². The Kier molecular flexibility index (Phi) is 23.7. The van der Waals surface area contributed by atoms with E-state index in [-0.39, 0.29) is 0 Å². The SMILES string of the molecule is CCCCCCCC/C=C\CCCCCCCCO[P+](O)(CCCC)OCCCC. The van der Waals surface area contributed by atoms with Crippen molar-refractivity contribution in [2.24, 2.45) is 0 Å². The highest BCUT2D eigenvalue weighted by Crippen LogP contribution is 2.57. The maximum atomic E-state index is 10.7. The molecule has 0 aromatic heterocycles. The van der Waals surface area contributed by atoms with Crippen LogP contribution in [0.5, 0.6) is 0 Å². The Morgan fingerprint density at radius 2 is 0.967 bits per heavy atom. The largest absolute Gasteiger partial charge is 0.408 e. The van der Waals surface area contributed by atoms with Crippen molar-refractivity contribution in [2.45, 2.75) is 136 Å². The normalized spacial score (nSPS) is 13.9. The molecule has 180 valence electrons. The number of hydrogen-bond acceptors (Lipinski definition) is 3. The van der Waals surface area contributed by atoms with Gasteiger partial charge in [0.2, 0.25) is 0 Å². The highest BCUT2D eigenvalue weighted by Gasteiger charge is 2.39. The van der Waals surface area contributed by atoms with Crippen molar-refractivity contribution < 1.29 is 13.9 Å². The third-order valence-electron chi connectivity index (χ3n) is 5.53. The molecule has 0 heterocycles. The van der Waals surface area contributed by atoms with Crippen LogP contribution in [0.15, 0.2) is 12.2 Å². The average Bonchev–Trinajstić information content (AvgIpc) is 2.75. The van der Waals surface area contributed by atoms with E-state index in [0.29, 0.717) is 19.4 Å². The van der Waals surface area contributed by atoms with Crippen LogP contribution in [0.25, 0.3) is 0 Å². The lowest BCUT2D eigenvalue weighted by Crippen LogP contribution is -2.09. The lowest BCUT2D eigenvalue weighted by molar-refractivity contribution is 0.170. The minimum atomic E-state index is -2.61. The van der Waals surface area contributed by atoms with Gasteiger partial charge in [0, 0.05) is 0 Å². The van der Waals surface area contributed by atoms with Gasteiger partial charge in [-0.15, -0.1) is 0 Å². The molecule has 30 heavy (non-hydrogen) atoms. The molecule has 1 unspecified atom stereocenters. The second kappa shape index (κ2) is 23.7. The zero-order valence-electron chi connectivity index (χ0n) is 20.7. The van der Waals surface area contributed by atoms with Crippen LogP contribution in [0.4, 0.5) is 0 Å². The van der Waals surface area contributed by atoms with Crippen LogP contribution >= 0.6 is 7.94 Å². The van der Waals surface area contributed by atoms with Crippen molar-refractivity contribution in [1.29, 1.82) is 0 Å². The minimum Gasteiger partial charge on any atom is -0.193 e. The smallest absolute Gasteiger partial charge is 0.193 e. The second-order valence-electron chi connectivity index (χ2n) is 8.67. The Morgan fingerprint density at radius 1 is 0.533 bits per heavy atom. The Labute approximate surface area is 190 Å². The van der Waals surface area contributed by atoms with Gasteiger partial charge in [0.15, 0.2) is 0 Å². The summed E-state index contributed by atoms with van der Waals surface area (Å²) >= 11 is 0. The first kappa shape index (κ1) is 30.0. The fourth-order valence-electron chi connectivity index (χ4n) is 3.43. The van der Waals surface area contributed by atoms with Gasteiger partial charge >= 0.3 is 7.94 Å². The van der Waals surface area contributed by atoms with E-state index in [9.17, 15) is 4.89 Å². The van der Waals surface area contributed by atoms with Crippen LogP contribution in [-0.2, 0) is 9.05 Å². The van der Waals surface area contributed by atoms with Gasteiger partial charge in [0.1, 0.15) is 6.16 Å². The molecule has 0 amide bonds. The number of unbranched alkanes of at least 4 members (excludes halogenated alkanes) is 14. The summed E-state index contributed by atoms with van der Waals surface area (Å²) < 4.78 is 11.6. The third kappa shape index (κ3) is 21.3. The van der Waals surface area contributed by atoms with Crippen molar-refractivity contribution in [3.63, 3.8) is 0 Å². The number of allylic oxidation sites excluding steroid dienone is 2. The van der Waals surface area contributed by atoms with Crippen LogP contribution in [0.2, 0.25) is 0 Å². The topological polar surface area (TPSA) is 38.7 Å². The molecule has 0 radical (unpaired) electrons.